The molecule has 7 heteroatoms. The highest BCUT2D eigenvalue weighted by atomic mass is 16.4. The molecule has 0 radical (unpaired) electrons. The Bertz CT molecular complexity index is 394. The predicted molar refractivity (Wildman–Crippen MR) is 66.3 cm³/mol. The zero-order valence-corrected chi connectivity index (χ0v) is 10.7. The number of aliphatic carboxylic acids is 1. The minimum Gasteiger partial charge on any atom is -0.480 e. The van der Waals surface area contributed by atoms with E-state index >= 15 is 0 Å². The molecule has 1 unspecified atom stereocenters. The summed E-state index contributed by atoms with van der Waals surface area (Å²) in [6, 6.07) is -0.969. The van der Waals surface area contributed by atoms with E-state index in [2.05, 4.69) is 0 Å². The van der Waals surface area contributed by atoms with Crippen molar-refractivity contribution in [2.45, 2.75) is 44.2 Å². The maximum absolute atomic E-state index is 12.4. The van der Waals surface area contributed by atoms with Crippen LogP contribution in [-0.2, 0) is 9.59 Å². The summed E-state index contributed by atoms with van der Waals surface area (Å²) in [6.07, 6.45) is 3.90. The first-order chi connectivity index (χ1) is 9.00. The van der Waals surface area contributed by atoms with Crippen molar-refractivity contribution >= 4 is 17.9 Å². The second kappa shape index (κ2) is 5.46. The number of carboxylic acid groups (broad SMARTS) is 1. The zero-order valence-electron chi connectivity index (χ0n) is 10.7. The summed E-state index contributed by atoms with van der Waals surface area (Å²) in [6.45, 7) is 0.154. The minimum atomic E-state index is -1.03. The molecule has 0 aromatic heterocycles. The first-order valence-electron chi connectivity index (χ1n) is 6.59. The van der Waals surface area contributed by atoms with Crippen LogP contribution in [0.1, 0.15) is 32.1 Å². The molecule has 19 heavy (non-hydrogen) atoms. The van der Waals surface area contributed by atoms with Crippen molar-refractivity contribution in [1.82, 2.24) is 9.80 Å². The molecule has 1 heterocycles. The zero-order chi connectivity index (χ0) is 14.0. The van der Waals surface area contributed by atoms with E-state index in [-0.39, 0.29) is 18.6 Å². The maximum atomic E-state index is 12.4. The molecule has 1 saturated heterocycles. The first kappa shape index (κ1) is 13.6. The Hall–Kier alpha value is -1.79. The van der Waals surface area contributed by atoms with Crippen LogP contribution in [-0.4, -0.2) is 58.0 Å². The average Bonchev–Trinajstić information content (AvgIpc) is 3.19. The van der Waals surface area contributed by atoms with Crippen molar-refractivity contribution in [3.63, 3.8) is 0 Å². The summed E-state index contributed by atoms with van der Waals surface area (Å²) in [5, 5.41) is 8.88. The second-order valence-corrected chi connectivity index (χ2v) is 5.14. The van der Waals surface area contributed by atoms with Crippen LogP contribution >= 0.6 is 0 Å². The molecule has 0 aromatic carbocycles. The number of nitrogens with zero attached hydrogens (tertiary/aromatic N) is 2. The predicted octanol–water partition coefficient (Wildman–Crippen LogP) is -0.00480. The minimum absolute atomic E-state index is 0.000877. The van der Waals surface area contributed by atoms with Crippen LogP contribution in [0.2, 0.25) is 0 Å². The third-order valence-electron chi connectivity index (χ3n) is 3.62. The van der Waals surface area contributed by atoms with Gasteiger partial charge in [-0.2, -0.15) is 0 Å². The summed E-state index contributed by atoms with van der Waals surface area (Å²) in [4.78, 5) is 37.4. The second-order valence-electron chi connectivity index (χ2n) is 5.14. The van der Waals surface area contributed by atoms with E-state index in [1.54, 1.807) is 0 Å². The number of primary amides is 1. The first-order valence-corrected chi connectivity index (χ1v) is 6.59. The van der Waals surface area contributed by atoms with Crippen molar-refractivity contribution < 1.29 is 19.5 Å². The molecule has 2 rings (SSSR count). The van der Waals surface area contributed by atoms with E-state index in [0.29, 0.717) is 13.0 Å². The van der Waals surface area contributed by atoms with Gasteiger partial charge in [0.1, 0.15) is 12.6 Å². The highest BCUT2D eigenvalue weighted by Crippen LogP contribution is 2.29. The number of likely N-dealkylation sites (tertiary alicyclic amines) is 1. The number of urea groups is 1. The summed E-state index contributed by atoms with van der Waals surface area (Å²) in [5.74, 6) is -1.55. The van der Waals surface area contributed by atoms with Crippen LogP contribution < -0.4 is 5.73 Å². The van der Waals surface area contributed by atoms with Crippen LogP contribution in [0.4, 0.5) is 4.79 Å². The van der Waals surface area contributed by atoms with Crippen LogP contribution in [0.15, 0.2) is 0 Å². The van der Waals surface area contributed by atoms with Gasteiger partial charge in [0.25, 0.3) is 0 Å². The van der Waals surface area contributed by atoms with Gasteiger partial charge >= 0.3 is 12.0 Å². The number of carbonyl (C=O) groups excluding carboxylic acids is 2. The van der Waals surface area contributed by atoms with Gasteiger partial charge < -0.3 is 20.6 Å². The van der Waals surface area contributed by atoms with E-state index in [1.807, 2.05) is 0 Å². The van der Waals surface area contributed by atoms with Gasteiger partial charge in [-0.25, -0.2) is 4.79 Å². The summed E-state index contributed by atoms with van der Waals surface area (Å²) >= 11 is 0. The van der Waals surface area contributed by atoms with Gasteiger partial charge in [-0.15, -0.1) is 0 Å². The van der Waals surface area contributed by atoms with Gasteiger partial charge in [0.05, 0.1) is 0 Å². The molecule has 0 aromatic rings. The molecule has 0 spiro atoms. The van der Waals surface area contributed by atoms with E-state index in [0.717, 1.165) is 25.7 Å². The lowest BCUT2D eigenvalue weighted by molar-refractivity contribution is -0.138. The van der Waals surface area contributed by atoms with Gasteiger partial charge in [-0.3, -0.25) is 9.59 Å². The Morgan fingerprint density at radius 3 is 2.42 bits per heavy atom. The quantitative estimate of drug-likeness (QED) is 0.749. The van der Waals surface area contributed by atoms with Gasteiger partial charge in [0.15, 0.2) is 0 Å². The summed E-state index contributed by atoms with van der Waals surface area (Å²) in [7, 11) is 0. The number of carbonyl (C=O) groups is 3. The van der Waals surface area contributed by atoms with Crippen LogP contribution in [0.5, 0.6) is 0 Å². The molecular formula is C12H19N3O4. The van der Waals surface area contributed by atoms with Gasteiger partial charge in [-0.1, -0.05) is 0 Å². The SMILES string of the molecule is NC(=O)C1CCCCN1C(=O)N(CC(=O)O)C1CC1. The molecule has 0 bridgehead atoms. The van der Waals surface area contributed by atoms with Crippen molar-refractivity contribution in [2.75, 3.05) is 13.1 Å². The molecule has 3 N–H and O–H groups in total. The van der Waals surface area contributed by atoms with Crippen LogP contribution in [0.3, 0.4) is 0 Å². The lowest BCUT2D eigenvalue weighted by Crippen LogP contribution is -2.56. The molecule has 1 saturated carbocycles. The molecule has 106 valence electrons. The molecule has 1 aliphatic carbocycles. The Morgan fingerprint density at radius 1 is 1.21 bits per heavy atom. The molecule has 7 nitrogen and oxygen atoms in total. The molecule has 1 aliphatic heterocycles. The molecule has 3 amide bonds. The lowest BCUT2D eigenvalue weighted by atomic mass is 10.0. The van der Waals surface area contributed by atoms with Gasteiger partial charge in [-0.05, 0) is 32.1 Å². The molecule has 1 atom stereocenters. The fourth-order valence-electron chi connectivity index (χ4n) is 2.51. The van der Waals surface area contributed by atoms with E-state index in [9.17, 15) is 14.4 Å². The molecular weight excluding hydrogens is 250 g/mol. The van der Waals surface area contributed by atoms with Crippen molar-refractivity contribution in [1.29, 1.82) is 0 Å². The van der Waals surface area contributed by atoms with Crippen molar-refractivity contribution in [3.05, 3.63) is 0 Å². The maximum Gasteiger partial charge on any atom is 0.323 e. The summed E-state index contributed by atoms with van der Waals surface area (Å²) in [5.41, 5.74) is 5.32. The number of nitrogens with two attached hydrogens (primary N) is 1. The number of amides is 3. The van der Waals surface area contributed by atoms with Crippen molar-refractivity contribution in [3.8, 4) is 0 Å². The molecule has 2 fully saturated rings. The summed E-state index contributed by atoms with van der Waals surface area (Å²) < 4.78 is 0. The fraction of sp³-hybridized carbons (Fsp3) is 0.750. The van der Waals surface area contributed by atoms with Gasteiger partial charge in [0.2, 0.25) is 5.91 Å². The Kier molecular flexibility index (Phi) is 3.92. The van der Waals surface area contributed by atoms with Crippen molar-refractivity contribution in [2.24, 2.45) is 5.73 Å². The number of hydrogen-bond donors (Lipinski definition) is 2. The monoisotopic (exact) mass is 269 g/mol. The molecule has 2 aliphatic rings. The largest absolute Gasteiger partial charge is 0.480 e. The average molecular weight is 269 g/mol. The Balaban J connectivity index is 2.10. The van der Waals surface area contributed by atoms with E-state index in [4.69, 9.17) is 10.8 Å². The Morgan fingerprint density at radius 2 is 1.89 bits per heavy atom. The number of carboxylic acids is 1. The van der Waals surface area contributed by atoms with Crippen LogP contribution in [0.25, 0.3) is 0 Å². The van der Waals surface area contributed by atoms with E-state index < -0.39 is 17.9 Å². The number of hydrogen-bond acceptors (Lipinski definition) is 3. The smallest absolute Gasteiger partial charge is 0.323 e. The highest BCUT2D eigenvalue weighted by molar-refractivity contribution is 5.87. The van der Waals surface area contributed by atoms with Gasteiger partial charge in [0, 0.05) is 12.6 Å². The third kappa shape index (κ3) is 3.15. The number of rotatable bonds is 4. The van der Waals surface area contributed by atoms with Crippen LogP contribution in [0, 0.1) is 0 Å². The Labute approximate surface area is 111 Å². The third-order valence-corrected chi connectivity index (χ3v) is 3.62. The lowest BCUT2D eigenvalue weighted by Gasteiger charge is -2.37. The standard InChI is InChI=1S/C12H19N3O4/c13-11(18)9-3-1-2-6-14(9)12(19)15(7-10(16)17)8-4-5-8/h8-9H,1-7H2,(H2,13,18)(H,16,17). The fourth-order valence-corrected chi connectivity index (χ4v) is 2.51. The normalized spacial score (nSPS) is 22.9. The van der Waals surface area contributed by atoms with E-state index in [1.165, 1.54) is 9.80 Å². The number of piperidine rings is 1. The highest BCUT2D eigenvalue weighted by Gasteiger charge is 2.39. The topological polar surface area (TPSA) is 104 Å².